The quantitative estimate of drug-likeness (QED) is 0.328. The third-order valence-electron chi connectivity index (χ3n) is 5.25. The Labute approximate surface area is 190 Å². The standard InChI is InChI=1S/C22H28N2O9/c1-13(25)23-9-14-2-4-15(5-3-14)22(31)24-10-17(26)16-6-7-18(32-11-20(27)28)19(8-16)33-12-21(29)30/h6-8,14-15H,2-5,9-12H2,1H3,(H,23,25)(H,24,31)(H,27,28)(H,29,30)/t14-,15-. The van der Waals surface area contributed by atoms with Gasteiger partial charge in [-0.15, -0.1) is 0 Å². The van der Waals surface area contributed by atoms with E-state index in [-0.39, 0.29) is 41.3 Å². The Kier molecular flexibility index (Phi) is 9.64. The van der Waals surface area contributed by atoms with Crippen LogP contribution in [0.2, 0.25) is 0 Å². The summed E-state index contributed by atoms with van der Waals surface area (Å²) in [5.41, 5.74) is 0.150. The van der Waals surface area contributed by atoms with E-state index in [1.165, 1.54) is 25.1 Å². The maximum atomic E-state index is 12.5. The maximum Gasteiger partial charge on any atom is 0.341 e. The molecule has 33 heavy (non-hydrogen) atoms. The molecule has 1 aromatic carbocycles. The number of Topliss-reactive ketones (excluding diaryl/α,β-unsaturated/α-hetero) is 1. The highest BCUT2D eigenvalue weighted by Gasteiger charge is 2.26. The van der Waals surface area contributed by atoms with Crippen molar-refractivity contribution in [1.82, 2.24) is 10.6 Å². The van der Waals surface area contributed by atoms with E-state index >= 15 is 0 Å². The number of carbonyl (C=O) groups excluding carboxylic acids is 3. The van der Waals surface area contributed by atoms with Gasteiger partial charge in [0.1, 0.15) is 0 Å². The number of carboxylic acids is 2. The number of ether oxygens (including phenoxy) is 2. The lowest BCUT2D eigenvalue weighted by atomic mass is 9.81. The topological polar surface area (TPSA) is 168 Å². The predicted molar refractivity (Wildman–Crippen MR) is 114 cm³/mol. The molecule has 11 nitrogen and oxygen atoms in total. The lowest BCUT2D eigenvalue weighted by Crippen LogP contribution is -2.37. The fraction of sp³-hybridized carbons (Fsp3) is 0.500. The second-order valence-electron chi connectivity index (χ2n) is 7.82. The summed E-state index contributed by atoms with van der Waals surface area (Å²) in [4.78, 5) is 57.5. The van der Waals surface area contributed by atoms with Crippen LogP contribution in [0.1, 0.15) is 43.0 Å². The number of hydrogen-bond acceptors (Lipinski definition) is 7. The average molecular weight is 464 g/mol. The number of hydrogen-bond donors (Lipinski definition) is 4. The van der Waals surface area contributed by atoms with Gasteiger partial charge in [0.2, 0.25) is 11.8 Å². The molecule has 2 rings (SSSR count). The van der Waals surface area contributed by atoms with Gasteiger partial charge in [-0.05, 0) is 49.8 Å². The first-order valence-corrected chi connectivity index (χ1v) is 10.5. The molecule has 0 atom stereocenters. The molecule has 11 heteroatoms. The zero-order chi connectivity index (χ0) is 24.4. The highest BCUT2D eigenvalue weighted by molar-refractivity contribution is 6.00. The highest BCUT2D eigenvalue weighted by Crippen LogP contribution is 2.30. The van der Waals surface area contributed by atoms with Gasteiger partial charge in [0, 0.05) is 24.9 Å². The van der Waals surface area contributed by atoms with Crippen molar-refractivity contribution in [3.8, 4) is 11.5 Å². The molecule has 0 bridgehead atoms. The lowest BCUT2D eigenvalue weighted by Gasteiger charge is -2.27. The Balaban J connectivity index is 1.91. The van der Waals surface area contributed by atoms with Crippen molar-refractivity contribution in [3.63, 3.8) is 0 Å². The Bertz CT molecular complexity index is 892. The van der Waals surface area contributed by atoms with Crippen LogP contribution in [0.25, 0.3) is 0 Å². The summed E-state index contributed by atoms with van der Waals surface area (Å²) < 4.78 is 10.2. The number of carbonyl (C=O) groups is 5. The minimum atomic E-state index is -1.25. The molecule has 0 aliphatic heterocycles. The molecule has 1 saturated carbocycles. The molecule has 0 heterocycles. The molecule has 1 fully saturated rings. The van der Waals surface area contributed by atoms with Crippen molar-refractivity contribution in [2.45, 2.75) is 32.6 Å². The van der Waals surface area contributed by atoms with E-state index in [0.717, 1.165) is 12.8 Å². The van der Waals surface area contributed by atoms with Gasteiger partial charge in [0.05, 0.1) is 6.54 Å². The number of rotatable bonds is 12. The van der Waals surface area contributed by atoms with Crippen LogP contribution in [0.4, 0.5) is 0 Å². The summed E-state index contributed by atoms with van der Waals surface area (Å²) >= 11 is 0. The van der Waals surface area contributed by atoms with Crippen LogP contribution >= 0.6 is 0 Å². The molecule has 1 aliphatic carbocycles. The zero-order valence-corrected chi connectivity index (χ0v) is 18.3. The Morgan fingerprint density at radius 2 is 1.52 bits per heavy atom. The first-order chi connectivity index (χ1) is 15.7. The van der Waals surface area contributed by atoms with Gasteiger partial charge in [-0.2, -0.15) is 0 Å². The Morgan fingerprint density at radius 3 is 2.09 bits per heavy atom. The predicted octanol–water partition coefficient (Wildman–Crippen LogP) is 0.855. The number of ketones is 1. The van der Waals surface area contributed by atoms with E-state index in [1.54, 1.807) is 0 Å². The van der Waals surface area contributed by atoms with Crippen molar-refractivity contribution in [1.29, 1.82) is 0 Å². The van der Waals surface area contributed by atoms with Gasteiger partial charge < -0.3 is 30.3 Å². The smallest absolute Gasteiger partial charge is 0.341 e. The maximum absolute atomic E-state index is 12.5. The van der Waals surface area contributed by atoms with Crippen LogP contribution in [0.3, 0.4) is 0 Å². The van der Waals surface area contributed by atoms with E-state index in [2.05, 4.69) is 10.6 Å². The van der Waals surface area contributed by atoms with Crippen LogP contribution in [0.5, 0.6) is 11.5 Å². The molecule has 0 spiro atoms. The number of amides is 2. The zero-order valence-electron chi connectivity index (χ0n) is 18.3. The summed E-state index contributed by atoms with van der Waals surface area (Å²) in [7, 11) is 0. The van der Waals surface area contributed by atoms with Gasteiger partial charge in [-0.25, -0.2) is 9.59 Å². The molecule has 0 saturated heterocycles. The van der Waals surface area contributed by atoms with E-state index < -0.39 is 30.9 Å². The summed E-state index contributed by atoms with van der Waals surface area (Å²) in [6, 6.07) is 3.94. The largest absolute Gasteiger partial charge is 0.479 e. The third kappa shape index (κ3) is 8.79. The fourth-order valence-corrected chi connectivity index (χ4v) is 3.52. The van der Waals surface area contributed by atoms with Crippen LogP contribution in [-0.2, 0) is 19.2 Å². The normalized spacial score (nSPS) is 17.5. The van der Waals surface area contributed by atoms with E-state index in [0.29, 0.717) is 25.3 Å². The van der Waals surface area contributed by atoms with Crippen molar-refractivity contribution in [2.75, 3.05) is 26.3 Å². The number of nitrogens with one attached hydrogen (secondary N) is 2. The minimum absolute atomic E-state index is 0.0183. The van der Waals surface area contributed by atoms with Gasteiger partial charge in [-0.3, -0.25) is 14.4 Å². The summed E-state index contributed by atoms with van der Waals surface area (Å²) in [6.07, 6.45) is 2.98. The SMILES string of the molecule is CC(=O)NC[C@H]1CC[C@H](C(=O)NCC(=O)c2ccc(OCC(=O)O)c(OCC(=O)O)c2)CC1. The van der Waals surface area contributed by atoms with Crippen LogP contribution in [0, 0.1) is 11.8 Å². The van der Waals surface area contributed by atoms with Crippen LogP contribution in [-0.4, -0.2) is 66.1 Å². The first-order valence-electron chi connectivity index (χ1n) is 10.5. The summed E-state index contributed by atoms with van der Waals surface area (Å²) in [5.74, 6) is -3.17. The molecule has 0 aromatic heterocycles. The van der Waals surface area contributed by atoms with Crippen LogP contribution in [0.15, 0.2) is 18.2 Å². The second-order valence-corrected chi connectivity index (χ2v) is 7.82. The van der Waals surface area contributed by atoms with Crippen molar-refractivity contribution in [2.24, 2.45) is 11.8 Å². The summed E-state index contributed by atoms with van der Waals surface area (Å²) in [5, 5.41) is 23.0. The molecule has 4 N–H and O–H groups in total. The minimum Gasteiger partial charge on any atom is -0.479 e. The highest BCUT2D eigenvalue weighted by atomic mass is 16.5. The van der Waals surface area contributed by atoms with Gasteiger partial charge in [0.15, 0.2) is 30.5 Å². The molecule has 2 amide bonds. The molecular weight excluding hydrogens is 436 g/mol. The second kappa shape index (κ2) is 12.4. The lowest BCUT2D eigenvalue weighted by molar-refractivity contribution is -0.140. The fourth-order valence-electron chi connectivity index (χ4n) is 3.52. The monoisotopic (exact) mass is 464 g/mol. The number of aliphatic carboxylic acids is 2. The van der Waals surface area contributed by atoms with E-state index in [1.807, 2.05) is 0 Å². The van der Waals surface area contributed by atoms with Crippen molar-refractivity contribution in [3.05, 3.63) is 23.8 Å². The Morgan fingerprint density at radius 1 is 0.909 bits per heavy atom. The van der Waals surface area contributed by atoms with Gasteiger partial charge in [-0.1, -0.05) is 0 Å². The van der Waals surface area contributed by atoms with Crippen molar-refractivity contribution < 1.29 is 43.7 Å². The number of benzene rings is 1. The van der Waals surface area contributed by atoms with E-state index in [4.69, 9.17) is 19.7 Å². The van der Waals surface area contributed by atoms with Gasteiger partial charge >= 0.3 is 11.9 Å². The summed E-state index contributed by atoms with van der Waals surface area (Å²) in [6.45, 7) is 0.440. The average Bonchev–Trinajstić information content (AvgIpc) is 2.78. The first kappa shape index (κ1) is 25.6. The van der Waals surface area contributed by atoms with Gasteiger partial charge in [0.25, 0.3) is 0 Å². The molecular formula is C22H28N2O9. The van der Waals surface area contributed by atoms with Crippen LogP contribution < -0.4 is 20.1 Å². The van der Waals surface area contributed by atoms with E-state index in [9.17, 15) is 24.0 Å². The van der Waals surface area contributed by atoms with Crippen molar-refractivity contribution >= 4 is 29.5 Å². The Hall–Kier alpha value is -3.63. The molecule has 1 aliphatic rings. The third-order valence-corrected chi connectivity index (χ3v) is 5.25. The number of carboxylic acid groups (broad SMARTS) is 2. The molecule has 1 aromatic rings. The molecule has 180 valence electrons. The molecule has 0 unspecified atom stereocenters. The molecule has 0 radical (unpaired) electrons.